The summed E-state index contributed by atoms with van der Waals surface area (Å²) in [7, 11) is 0. The number of hydrogen-bond donors (Lipinski definition) is 2. The molecule has 1 aromatic carbocycles. The highest BCUT2D eigenvalue weighted by Gasteiger charge is 2.07. The van der Waals surface area contributed by atoms with Crippen molar-refractivity contribution in [3.8, 4) is 0 Å². The lowest BCUT2D eigenvalue weighted by molar-refractivity contribution is 0.101. The number of nitrogens with one attached hydrogen (secondary N) is 1. The molecule has 96 valence electrons. The molecule has 3 N–H and O–H groups in total. The molecule has 0 saturated carbocycles. The number of carbonyl (C=O) groups excluding carboxylic acids is 2. The number of carbonyl (C=O) groups is 2. The Morgan fingerprint density at radius 2 is 1.95 bits per heavy atom. The van der Waals surface area contributed by atoms with E-state index < -0.39 is 0 Å². The Morgan fingerprint density at radius 3 is 2.63 bits per heavy atom. The summed E-state index contributed by atoms with van der Waals surface area (Å²) in [5.74, 6) is -0.0656. The summed E-state index contributed by atoms with van der Waals surface area (Å²) in [4.78, 5) is 27.0. The third kappa shape index (κ3) is 3.16. The number of pyridine rings is 1. The van der Waals surface area contributed by atoms with E-state index in [1.54, 1.807) is 30.3 Å². The standard InChI is InChI=1S/C14H13N3O2/c1-9(18)10-3-2-4-12(7-10)17-14(19)11-5-6-16-13(15)8-11/h2-8H,1H3,(H2,15,16)(H,17,19). The first-order valence-electron chi connectivity index (χ1n) is 5.70. The van der Waals surface area contributed by atoms with Crippen molar-refractivity contribution in [2.45, 2.75) is 6.92 Å². The predicted octanol–water partition coefficient (Wildman–Crippen LogP) is 2.12. The van der Waals surface area contributed by atoms with Crippen molar-refractivity contribution in [2.75, 3.05) is 11.1 Å². The van der Waals surface area contributed by atoms with Gasteiger partial charge in [0.1, 0.15) is 5.82 Å². The van der Waals surface area contributed by atoms with Gasteiger partial charge in [-0.25, -0.2) is 4.98 Å². The Kier molecular flexibility index (Phi) is 3.56. The number of nitrogen functional groups attached to an aromatic ring is 1. The Labute approximate surface area is 110 Å². The van der Waals surface area contributed by atoms with Crippen molar-refractivity contribution in [3.05, 3.63) is 53.7 Å². The molecule has 0 fully saturated rings. The molecule has 0 aliphatic rings. The number of amides is 1. The van der Waals surface area contributed by atoms with E-state index in [1.165, 1.54) is 19.2 Å². The molecule has 1 heterocycles. The molecule has 0 spiro atoms. The zero-order valence-electron chi connectivity index (χ0n) is 10.4. The molecule has 0 unspecified atom stereocenters. The minimum Gasteiger partial charge on any atom is -0.384 e. The van der Waals surface area contributed by atoms with Crippen LogP contribution in [-0.2, 0) is 0 Å². The van der Waals surface area contributed by atoms with Crippen LogP contribution in [0.15, 0.2) is 42.6 Å². The molecule has 2 aromatic rings. The van der Waals surface area contributed by atoms with Crippen LogP contribution < -0.4 is 11.1 Å². The molecule has 0 bridgehead atoms. The van der Waals surface area contributed by atoms with Crippen LogP contribution in [0.1, 0.15) is 27.6 Å². The van der Waals surface area contributed by atoms with Crippen LogP contribution >= 0.6 is 0 Å². The second kappa shape index (κ2) is 5.30. The van der Waals surface area contributed by atoms with Gasteiger partial charge in [-0.2, -0.15) is 0 Å². The maximum Gasteiger partial charge on any atom is 0.255 e. The molecule has 1 amide bonds. The van der Waals surface area contributed by atoms with Crippen LogP contribution in [0, 0.1) is 0 Å². The second-order valence-corrected chi connectivity index (χ2v) is 4.06. The van der Waals surface area contributed by atoms with Crippen molar-refractivity contribution in [2.24, 2.45) is 0 Å². The van der Waals surface area contributed by atoms with Crippen LogP contribution in [0.4, 0.5) is 11.5 Å². The number of hydrogen-bond acceptors (Lipinski definition) is 4. The van der Waals surface area contributed by atoms with Gasteiger partial charge in [0.25, 0.3) is 5.91 Å². The first-order valence-corrected chi connectivity index (χ1v) is 5.70. The highest BCUT2D eigenvalue weighted by Crippen LogP contribution is 2.13. The van der Waals surface area contributed by atoms with Crippen LogP contribution in [0.3, 0.4) is 0 Å². The van der Waals surface area contributed by atoms with Gasteiger partial charge < -0.3 is 11.1 Å². The molecule has 1 aromatic heterocycles. The number of aromatic nitrogens is 1. The number of nitrogens with two attached hydrogens (primary N) is 1. The van der Waals surface area contributed by atoms with Gasteiger partial charge in [0.15, 0.2) is 5.78 Å². The number of ketones is 1. The number of anilines is 2. The fraction of sp³-hybridized carbons (Fsp3) is 0.0714. The van der Waals surface area contributed by atoms with Gasteiger partial charge in [0, 0.05) is 23.0 Å². The highest BCUT2D eigenvalue weighted by atomic mass is 16.1. The van der Waals surface area contributed by atoms with E-state index in [4.69, 9.17) is 5.73 Å². The summed E-state index contributed by atoms with van der Waals surface area (Å²) in [5.41, 5.74) is 7.05. The number of Topliss-reactive ketones (excluding diaryl/α,β-unsaturated/α-hetero) is 1. The Hall–Kier alpha value is -2.69. The molecule has 0 radical (unpaired) electrons. The van der Waals surface area contributed by atoms with E-state index in [1.807, 2.05) is 0 Å². The lowest BCUT2D eigenvalue weighted by Crippen LogP contribution is -2.12. The van der Waals surface area contributed by atoms with E-state index in [-0.39, 0.29) is 17.5 Å². The van der Waals surface area contributed by atoms with Gasteiger partial charge in [-0.1, -0.05) is 12.1 Å². The van der Waals surface area contributed by atoms with Crippen molar-refractivity contribution >= 4 is 23.2 Å². The lowest BCUT2D eigenvalue weighted by atomic mass is 10.1. The fourth-order valence-electron chi connectivity index (χ4n) is 1.61. The minimum atomic E-state index is -0.296. The zero-order chi connectivity index (χ0) is 13.8. The Balaban J connectivity index is 2.19. The maximum absolute atomic E-state index is 12.0. The third-order valence-corrected chi connectivity index (χ3v) is 2.57. The smallest absolute Gasteiger partial charge is 0.255 e. The topological polar surface area (TPSA) is 85.1 Å². The van der Waals surface area contributed by atoms with Gasteiger partial charge in [-0.15, -0.1) is 0 Å². The van der Waals surface area contributed by atoms with Crippen LogP contribution in [0.5, 0.6) is 0 Å². The van der Waals surface area contributed by atoms with E-state index >= 15 is 0 Å². The van der Waals surface area contributed by atoms with Crippen molar-refractivity contribution in [3.63, 3.8) is 0 Å². The number of rotatable bonds is 3. The second-order valence-electron chi connectivity index (χ2n) is 4.06. The monoisotopic (exact) mass is 255 g/mol. The molecule has 5 heteroatoms. The van der Waals surface area contributed by atoms with E-state index in [0.717, 1.165) is 0 Å². The average Bonchev–Trinajstić information content (AvgIpc) is 2.39. The van der Waals surface area contributed by atoms with Crippen molar-refractivity contribution in [1.82, 2.24) is 4.98 Å². The first-order chi connectivity index (χ1) is 9.06. The van der Waals surface area contributed by atoms with Gasteiger partial charge in [0.2, 0.25) is 0 Å². The first kappa shape index (κ1) is 12.8. The summed E-state index contributed by atoms with van der Waals surface area (Å²) in [6.07, 6.45) is 1.47. The van der Waals surface area contributed by atoms with Crippen LogP contribution in [0.25, 0.3) is 0 Å². The Morgan fingerprint density at radius 1 is 1.16 bits per heavy atom. The van der Waals surface area contributed by atoms with Gasteiger partial charge in [0.05, 0.1) is 0 Å². The van der Waals surface area contributed by atoms with Gasteiger partial charge in [-0.05, 0) is 31.2 Å². The molecule has 0 atom stereocenters. The maximum atomic E-state index is 12.0. The highest BCUT2D eigenvalue weighted by molar-refractivity contribution is 6.05. The van der Waals surface area contributed by atoms with Crippen LogP contribution in [-0.4, -0.2) is 16.7 Å². The van der Waals surface area contributed by atoms with Crippen molar-refractivity contribution in [1.29, 1.82) is 0 Å². The van der Waals surface area contributed by atoms with E-state index in [9.17, 15) is 9.59 Å². The summed E-state index contributed by atoms with van der Waals surface area (Å²) in [5, 5.41) is 2.71. The van der Waals surface area contributed by atoms with E-state index in [0.29, 0.717) is 16.8 Å². The Bertz CT molecular complexity index is 638. The molecule has 0 saturated heterocycles. The molecule has 5 nitrogen and oxygen atoms in total. The quantitative estimate of drug-likeness (QED) is 0.822. The largest absolute Gasteiger partial charge is 0.384 e. The average molecular weight is 255 g/mol. The molecule has 2 rings (SSSR count). The SMILES string of the molecule is CC(=O)c1cccc(NC(=O)c2ccnc(N)c2)c1. The normalized spacial score (nSPS) is 9.95. The summed E-state index contributed by atoms with van der Waals surface area (Å²) in [6.45, 7) is 1.48. The molecular formula is C14H13N3O2. The minimum absolute atomic E-state index is 0.0516. The molecule has 0 aliphatic carbocycles. The zero-order valence-corrected chi connectivity index (χ0v) is 10.4. The van der Waals surface area contributed by atoms with Gasteiger partial charge >= 0.3 is 0 Å². The molecule has 0 aliphatic heterocycles. The predicted molar refractivity (Wildman–Crippen MR) is 73.0 cm³/mol. The third-order valence-electron chi connectivity index (χ3n) is 2.57. The fourth-order valence-corrected chi connectivity index (χ4v) is 1.61. The summed E-state index contributed by atoms with van der Waals surface area (Å²) in [6, 6.07) is 9.82. The number of benzene rings is 1. The summed E-state index contributed by atoms with van der Waals surface area (Å²) < 4.78 is 0. The lowest BCUT2D eigenvalue weighted by Gasteiger charge is -2.06. The number of nitrogens with zero attached hydrogens (tertiary/aromatic N) is 1. The van der Waals surface area contributed by atoms with Crippen molar-refractivity contribution < 1.29 is 9.59 Å². The van der Waals surface area contributed by atoms with E-state index in [2.05, 4.69) is 10.3 Å². The van der Waals surface area contributed by atoms with Gasteiger partial charge in [-0.3, -0.25) is 9.59 Å². The molecule has 19 heavy (non-hydrogen) atoms. The molecular weight excluding hydrogens is 242 g/mol. The summed E-state index contributed by atoms with van der Waals surface area (Å²) >= 11 is 0. The van der Waals surface area contributed by atoms with Crippen LogP contribution in [0.2, 0.25) is 0 Å².